The number of rotatable bonds is 2. The molecule has 7 heteroatoms. The van der Waals surface area contributed by atoms with E-state index in [0.717, 1.165) is 0 Å². The molecule has 0 aliphatic carbocycles. The lowest BCUT2D eigenvalue weighted by atomic mass is 10.2. The van der Waals surface area contributed by atoms with Crippen molar-refractivity contribution in [2.45, 2.75) is 31.8 Å². The lowest BCUT2D eigenvalue weighted by Crippen LogP contribution is -2.24. The first-order chi connectivity index (χ1) is 8.45. The van der Waals surface area contributed by atoms with Crippen LogP contribution in [0.1, 0.15) is 18.2 Å². The summed E-state index contributed by atoms with van der Waals surface area (Å²) in [6.07, 6.45) is -0.249. The normalized spacial score (nSPS) is 29.4. The van der Waals surface area contributed by atoms with Gasteiger partial charge in [0.1, 0.15) is 12.3 Å². The molecule has 6 nitrogen and oxygen atoms in total. The van der Waals surface area contributed by atoms with E-state index in [1.54, 1.807) is 6.92 Å². The average molecular weight is 259 g/mol. The van der Waals surface area contributed by atoms with Gasteiger partial charge in [-0.15, -0.1) is 0 Å². The van der Waals surface area contributed by atoms with Gasteiger partial charge in [0.2, 0.25) is 0 Å². The molecule has 0 bridgehead atoms. The molecule has 1 aromatic rings. The van der Waals surface area contributed by atoms with Crippen LogP contribution in [0.5, 0.6) is 0 Å². The fourth-order valence-electron chi connectivity index (χ4n) is 1.81. The van der Waals surface area contributed by atoms with Gasteiger partial charge in [-0.05, 0) is 19.1 Å². The van der Waals surface area contributed by atoms with E-state index in [4.69, 9.17) is 23.5 Å². The number of aryl methyl sites for hydroxylation is 1. The summed E-state index contributed by atoms with van der Waals surface area (Å²) in [4.78, 5) is 12.1. The number of hydrogen-bond acceptors (Lipinski definition) is 5. The van der Waals surface area contributed by atoms with E-state index in [0.29, 0.717) is 10.5 Å². The fraction of sp³-hybridized carbons (Fsp3) is 0.600. The van der Waals surface area contributed by atoms with Crippen LogP contribution >= 0.6 is 12.2 Å². The first-order valence-corrected chi connectivity index (χ1v) is 5.65. The molecule has 2 heterocycles. The molecule has 17 heavy (non-hydrogen) atoms. The highest BCUT2D eigenvalue weighted by Crippen LogP contribution is 2.28. The van der Waals surface area contributed by atoms with Crippen LogP contribution in [0, 0.1) is 11.7 Å². The Kier molecular flexibility index (Phi) is 3.06. The largest absolute Gasteiger partial charge is 0.394 e. The Bertz CT molecular complexity index is 570. The van der Waals surface area contributed by atoms with Crippen molar-refractivity contribution in [1.29, 1.82) is 0 Å². The van der Waals surface area contributed by atoms with Crippen molar-refractivity contribution in [2.75, 3.05) is 6.61 Å². The van der Waals surface area contributed by atoms with Crippen molar-refractivity contribution in [3.8, 4) is 0 Å². The number of nitrogens with one attached hydrogen (secondary N) is 1. The molecule has 94 valence electrons. The van der Waals surface area contributed by atoms with Gasteiger partial charge >= 0.3 is 0 Å². The molecule has 2 rings (SSSR count). The van der Waals surface area contributed by atoms with Crippen molar-refractivity contribution in [3.05, 3.63) is 26.9 Å². The minimum Gasteiger partial charge on any atom is -0.394 e. The number of aromatic amines is 1. The summed E-state index contributed by atoms with van der Waals surface area (Å²) in [6, 6.07) is 0. The molecule has 3 N–H and O–H groups in total. The highest BCUT2D eigenvalue weighted by atomic mass is 32.1. The van der Waals surface area contributed by atoms with E-state index >= 15 is 0 Å². The van der Waals surface area contributed by atoms with Crippen LogP contribution in [-0.4, -0.2) is 38.6 Å². The summed E-state index contributed by atoms with van der Waals surface area (Å²) in [6.45, 7) is 1.29. The Labute approximate surface area is 104 Å². The van der Waals surface area contributed by atoms with Crippen molar-refractivity contribution < 1.29 is 16.4 Å². The summed E-state index contributed by atoms with van der Waals surface area (Å²) >= 11 is 5.00. The highest BCUT2D eigenvalue weighted by molar-refractivity contribution is 7.71. The molecule has 3 atom stereocenters. The molecule has 0 amide bonds. The molecule has 1 aromatic heterocycles. The molecule has 1 aliphatic heterocycles. The molecule has 0 spiro atoms. The summed E-state index contributed by atoms with van der Waals surface area (Å²) in [5.41, 5.74) is -0.113. The monoisotopic (exact) mass is 259 g/mol. The first-order valence-electron chi connectivity index (χ1n) is 5.69. The van der Waals surface area contributed by atoms with Gasteiger partial charge in [-0.2, -0.15) is 0 Å². The third kappa shape index (κ3) is 2.32. The summed E-state index contributed by atoms with van der Waals surface area (Å²) < 4.78 is 14.4. The molecule has 0 radical (unpaired) electrons. The number of H-pyrrole nitrogens is 1. The van der Waals surface area contributed by atoms with E-state index in [1.165, 1.54) is 10.8 Å². The summed E-state index contributed by atoms with van der Waals surface area (Å²) in [5.74, 6) is 0. The molecule has 1 saturated heterocycles. The third-order valence-electron chi connectivity index (χ3n) is 2.78. The van der Waals surface area contributed by atoms with Gasteiger partial charge < -0.3 is 14.9 Å². The average Bonchev–Trinajstić information content (AvgIpc) is 2.72. The number of hydrogen-bond donors (Lipinski definition) is 3. The predicted molar refractivity (Wildman–Crippen MR) is 62.2 cm³/mol. The predicted octanol–water partition coefficient (Wildman–Crippen LogP) is -0.145. The van der Waals surface area contributed by atoms with E-state index in [9.17, 15) is 9.90 Å². The first kappa shape index (κ1) is 11.1. The van der Waals surface area contributed by atoms with Gasteiger partial charge in [-0.1, -0.05) is 0 Å². The number of nitrogens with zero attached hydrogens (tertiary/aromatic N) is 1. The zero-order valence-corrected chi connectivity index (χ0v) is 10.1. The van der Waals surface area contributed by atoms with E-state index < -0.39 is 24.0 Å². The number of aromatic nitrogens is 2. The summed E-state index contributed by atoms with van der Waals surface area (Å²) in [5, 5.41) is 18.7. The van der Waals surface area contributed by atoms with Crippen LogP contribution < -0.4 is 5.56 Å². The number of ether oxygens (including phenoxy) is 1. The Morgan fingerprint density at radius 2 is 2.53 bits per heavy atom. The zero-order chi connectivity index (χ0) is 13.4. The molecule has 0 aromatic carbocycles. The van der Waals surface area contributed by atoms with Gasteiger partial charge in [0.05, 0.1) is 12.7 Å². The van der Waals surface area contributed by atoms with Crippen LogP contribution in [0.25, 0.3) is 0 Å². The molecule has 1 aliphatic rings. The van der Waals surface area contributed by atoms with E-state index in [-0.39, 0.29) is 17.8 Å². The Morgan fingerprint density at radius 1 is 1.82 bits per heavy atom. The maximum Gasteiger partial charge on any atom is 0.254 e. The van der Waals surface area contributed by atoms with E-state index in [1.807, 2.05) is 0 Å². The molecule has 0 unspecified atom stereocenters. The number of aliphatic hydroxyl groups is 2. The maximum absolute atomic E-state index is 11.5. The zero-order valence-electron chi connectivity index (χ0n) is 10.2. The Hall–Kier alpha value is -1.02. The van der Waals surface area contributed by atoms with Crippen LogP contribution in [-0.2, 0) is 4.74 Å². The van der Waals surface area contributed by atoms with Gasteiger partial charge in [0, 0.05) is 18.2 Å². The Balaban J connectivity index is 2.42. The van der Waals surface area contributed by atoms with Gasteiger partial charge in [0.15, 0.2) is 6.18 Å². The second kappa shape index (κ2) is 4.69. The SMILES string of the molecule is [2H]n1c(=O)c(C)cn([C@H]2C[C@H](O)[C@@H](CO)O2)c1=S. The Morgan fingerprint density at radius 3 is 3.12 bits per heavy atom. The minimum atomic E-state index is -0.784. The van der Waals surface area contributed by atoms with Crippen LogP contribution in [0.4, 0.5) is 0 Å². The van der Waals surface area contributed by atoms with Crippen molar-refractivity contribution in [2.24, 2.45) is 0 Å². The van der Waals surface area contributed by atoms with Crippen LogP contribution in [0.3, 0.4) is 0 Å². The van der Waals surface area contributed by atoms with Crippen LogP contribution in [0.15, 0.2) is 11.0 Å². The van der Waals surface area contributed by atoms with Gasteiger partial charge in [-0.25, -0.2) is 0 Å². The second-order valence-corrected chi connectivity index (χ2v) is 4.40. The van der Waals surface area contributed by atoms with Crippen molar-refractivity contribution in [3.63, 3.8) is 0 Å². The molecular weight excluding hydrogens is 244 g/mol. The molecular formula is C10H14N2O4S. The maximum atomic E-state index is 11.5. The van der Waals surface area contributed by atoms with E-state index in [2.05, 4.69) is 0 Å². The quantitative estimate of drug-likeness (QED) is 0.643. The van der Waals surface area contributed by atoms with Crippen molar-refractivity contribution in [1.82, 2.24) is 9.54 Å². The minimum absolute atomic E-state index is 0.00129. The van der Waals surface area contributed by atoms with Gasteiger partial charge in [0.25, 0.3) is 5.56 Å². The molecule has 1 fully saturated rings. The third-order valence-corrected chi connectivity index (χ3v) is 3.08. The topological polar surface area (TPSA) is 87.5 Å². The fourth-order valence-corrected chi connectivity index (χ4v) is 2.06. The smallest absolute Gasteiger partial charge is 0.254 e. The standard InChI is InChI=1S/C10H14N2O4S/c1-5-3-12(10(17)11-9(5)15)8-2-6(14)7(4-13)16-8/h3,6-8,13-14H,2,4H2,1H3,(H,11,15,17)/t6-,7+,8+/m0/s1/i/hD. The lowest BCUT2D eigenvalue weighted by Gasteiger charge is -2.15. The lowest BCUT2D eigenvalue weighted by molar-refractivity contribution is -0.0453. The summed E-state index contributed by atoms with van der Waals surface area (Å²) in [7, 11) is 0. The second-order valence-electron chi connectivity index (χ2n) is 4.03. The molecule has 0 saturated carbocycles. The van der Waals surface area contributed by atoms with Crippen LogP contribution in [0.2, 0.25) is 1.41 Å². The number of aliphatic hydroxyl groups excluding tert-OH is 2. The highest BCUT2D eigenvalue weighted by Gasteiger charge is 2.34. The van der Waals surface area contributed by atoms with Crippen molar-refractivity contribution >= 4 is 12.2 Å². The van der Waals surface area contributed by atoms with Gasteiger partial charge in [-0.3, -0.25) is 14.3 Å².